The molecule has 0 aliphatic carbocycles. The molecule has 21 heavy (non-hydrogen) atoms. The number of carbonyl (C=O) groups excluding carboxylic acids is 2. The van der Waals surface area contributed by atoms with E-state index in [1.807, 2.05) is 6.92 Å². The van der Waals surface area contributed by atoms with E-state index in [9.17, 15) is 9.59 Å². The van der Waals surface area contributed by atoms with Crippen LogP contribution < -0.4 is 16.0 Å². The first-order valence-corrected chi connectivity index (χ1v) is 8.11. The lowest BCUT2D eigenvalue weighted by molar-refractivity contribution is 0.0964. The quantitative estimate of drug-likeness (QED) is 0.759. The first-order chi connectivity index (χ1) is 9.87. The molecule has 5 nitrogen and oxygen atoms in total. The van der Waals surface area contributed by atoms with Crippen molar-refractivity contribution in [2.24, 2.45) is 5.92 Å². The third-order valence-electron chi connectivity index (χ3n) is 3.21. The summed E-state index contributed by atoms with van der Waals surface area (Å²) >= 11 is 1.33. The molecule has 1 aromatic rings. The molecule has 0 spiro atoms. The number of nitrogens with zero attached hydrogens (tertiary/aromatic N) is 1. The van der Waals surface area contributed by atoms with Gasteiger partial charge in [-0.3, -0.25) is 9.59 Å². The van der Waals surface area contributed by atoms with Gasteiger partial charge in [-0.2, -0.15) is 0 Å². The Morgan fingerprint density at radius 3 is 2.38 bits per heavy atom. The summed E-state index contributed by atoms with van der Waals surface area (Å²) in [5.74, 6) is 0.196. The molecule has 0 radical (unpaired) electrons. The lowest BCUT2D eigenvalue weighted by Crippen LogP contribution is -2.29. The summed E-state index contributed by atoms with van der Waals surface area (Å²) in [6.45, 7) is 9.66. The van der Waals surface area contributed by atoms with Gasteiger partial charge in [-0.1, -0.05) is 20.8 Å². The number of anilines is 2. The summed E-state index contributed by atoms with van der Waals surface area (Å²) in [4.78, 5) is 26.8. The van der Waals surface area contributed by atoms with Gasteiger partial charge < -0.3 is 16.0 Å². The molecule has 1 aromatic heterocycles. The Labute approximate surface area is 130 Å². The summed E-state index contributed by atoms with van der Waals surface area (Å²) in [5.41, 5.74) is 6.82. The number of rotatable bonds is 7. The van der Waals surface area contributed by atoms with Crippen LogP contribution in [0.1, 0.15) is 54.1 Å². The Balaban J connectivity index is 3.40. The maximum absolute atomic E-state index is 12.2. The molecule has 0 bridgehead atoms. The zero-order valence-corrected chi connectivity index (χ0v) is 14.3. The van der Waals surface area contributed by atoms with Gasteiger partial charge in [0.25, 0.3) is 5.91 Å². The van der Waals surface area contributed by atoms with Crippen molar-refractivity contribution in [3.63, 3.8) is 0 Å². The Morgan fingerprint density at radius 1 is 1.33 bits per heavy atom. The standard InChI is InChI=1S/C15H25N3O2S/c1-6-10(19)13-12(16)11(14(20)17-5)15(21-13)18(7-2)8-9(3)4/h9H,6-8,16H2,1-5H3,(H,17,20). The van der Waals surface area contributed by atoms with E-state index in [-0.39, 0.29) is 11.7 Å². The van der Waals surface area contributed by atoms with Gasteiger partial charge in [-0.15, -0.1) is 11.3 Å². The van der Waals surface area contributed by atoms with Crippen LogP contribution >= 0.6 is 11.3 Å². The normalized spacial score (nSPS) is 10.8. The molecule has 0 atom stereocenters. The number of Topliss-reactive ketones (excluding diaryl/α,β-unsaturated/α-hetero) is 1. The second kappa shape index (κ2) is 7.45. The highest BCUT2D eigenvalue weighted by Crippen LogP contribution is 2.39. The predicted octanol–water partition coefficient (Wildman–Crippen LogP) is 2.76. The third kappa shape index (κ3) is 3.75. The molecule has 0 aromatic carbocycles. The van der Waals surface area contributed by atoms with E-state index >= 15 is 0 Å². The Morgan fingerprint density at radius 2 is 1.95 bits per heavy atom. The van der Waals surface area contributed by atoms with Crippen LogP contribution in [0.3, 0.4) is 0 Å². The Bertz CT molecular complexity index is 523. The fourth-order valence-electron chi connectivity index (χ4n) is 2.16. The average Bonchev–Trinajstić information content (AvgIpc) is 2.80. The van der Waals surface area contributed by atoms with Gasteiger partial charge in [-0.25, -0.2) is 0 Å². The van der Waals surface area contributed by atoms with E-state index in [4.69, 9.17) is 5.73 Å². The fraction of sp³-hybridized carbons (Fsp3) is 0.600. The first kappa shape index (κ1) is 17.5. The molecule has 118 valence electrons. The summed E-state index contributed by atoms with van der Waals surface area (Å²) in [7, 11) is 1.57. The monoisotopic (exact) mass is 311 g/mol. The summed E-state index contributed by atoms with van der Waals surface area (Å²) in [6, 6.07) is 0. The van der Waals surface area contributed by atoms with Crippen LogP contribution in [-0.4, -0.2) is 31.8 Å². The second-order valence-electron chi connectivity index (χ2n) is 5.31. The number of hydrogen-bond acceptors (Lipinski definition) is 5. The minimum absolute atomic E-state index is 0.0190. The highest BCUT2D eigenvalue weighted by molar-refractivity contribution is 7.19. The van der Waals surface area contributed by atoms with E-state index in [1.54, 1.807) is 14.0 Å². The summed E-state index contributed by atoms with van der Waals surface area (Å²) in [5, 5.41) is 3.41. The zero-order chi connectivity index (χ0) is 16.2. The highest BCUT2D eigenvalue weighted by atomic mass is 32.1. The molecule has 6 heteroatoms. The van der Waals surface area contributed by atoms with Crippen LogP contribution in [0.4, 0.5) is 10.7 Å². The number of amides is 1. The molecule has 1 rings (SSSR count). The third-order valence-corrected chi connectivity index (χ3v) is 4.52. The smallest absolute Gasteiger partial charge is 0.256 e. The second-order valence-corrected chi connectivity index (χ2v) is 6.31. The highest BCUT2D eigenvalue weighted by Gasteiger charge is 2.27. The number of ketones is 1. The van der Waals surface area contributed by atoms with Crippen LogP contribution in [0.25, 0.3) is 0 Å². The predicted molar refractivity (Wildman–Crippen MR) is 89.5 cm³/mol. The van der Waals surface area contributed by atoms with Gasteiger partial charge in [0.1, 0.15) is 5.00 Å². The van der Waals surface area contributed by atoms with E-state index in [2.05, 4.69) is 24.1 Å². The minimum atomic E-state index is -0.240. The van der Waals surface area contributed by atoms with Crippen molar-refractivity contribution in [2.45, 2.75) is 34.1 Å². The van der Waals surface area contributed by atoms with Gasteiger partial charge in [0, 0.05) is 26.6 Å². The summed E-state index contributed by atoms with van der Waals surface area (Å²) in [6.07, 6.45) is 0.383. The topological polar surface area (TPSA) is 75.4 Å². The number of carbonyl (C=O) groups is 2. The molecule has 0 saturated heterocycles. The lowest BCUT2D eigenvalue weighted by Gasteiger charge is -2.24. The molecule has 3 N–H and O–H groups in total. The average molecular weight is 311 g/mol. The summed E-state index contributed by atoms with van der Waals surface area (Å²) < 4.78 is 0. The van der Waals surface area contributed by atoms with Gasteiger partial charge >= 0.3 is 0 Å². The fourth-order valence-corrected chi connectivity index (χ4v) is 3.46. The van der Waals surface area contributed by atoms with Crippen molar-refractivity contribution in [3.05, 3.63) is 10.4 Å². The Hall–Kier alpha value is -1.56. The lowest BCUT2D eigenvalue weighted by atomic mass is 10.1. The minimum Gasteiger partial charge on any atom is -0.397 e. The molecule has 1 amide bonds. The van der Waals surface area contributed by atoms with Crippen LogP contribution in [0, 0.1) is 5.92 Å². The van der Waals surface area contributed by atoms with Crippen molar-refractivity contribution >= 4 is 33.7 Å². The van der Waals surface area contributed by atoms with Crippen molar-refractivity contribution in [1.29, 1.82) is 0 Å². The SMILES string of the molecule is CCC(=O)c1sc(N(CC)CC(C)C)c(C(=O)NC)c1N. The van der Waals surface area contributed by atoms with Gasteiger partial charge in [0.15, 0.2) is 5.78 Å². The van der Waals surface area contributed by atoms with Gasteiger partial charge in [0.2, 0.25) is 0 Å². The van der Waals surface area contributed by atoms with Crippen LogP contribution in [0.5, 0.6) is 0 Å². The zero-order valence-electron chi connectivity index (χ0n) is 13.4. The maximum Gasteiger partial charge on any atom is 0.256 e. The van der Waals surface area contributed by atoms with Crippen LogP contribution in [0.2, 0.25) is 0 Å². The van der Waals surface area contributed by atoms with Crippen molar-refractivity contribution in [3.8, 4) is 0 Å². The molecular weight excluding hydrogens is 286 g/mol. The van der Waals surface area contributed by atoms with E-state index in [0.717, 1.165) is 18.1 Å². The number of nitrogens with two attached hydrogens (primary N) is 1. The van der Waals surface area contributed by atoms with Crippen molar-refractivity contribution in [2.75, 3.05) is 30.8 Å². The molecule has 0 saturated carbocycles. The van der Waals surface area contributed by atoms with Crippen molar-refractivity contribution in [1.82, 2.24) is 5.32 Å². The van der Waals surface area contributed by atoms with E-state index in [1.165, 1.54) is 11.3 Å². The molecule has 0 aliphatic heterocycles. The Kier molecular flexibility index (Phi) is 6.20. The van der Waals surface area contributed by atoms with Crippen LogP contribution in [0.15, 0.2) is 0 Å². The van der Waals surface area contributed by atoms with E-state index in [0.29, 0.717) is 28.5 Å². The molecule has 1 heterocycles. The largest absolute Gasteiger partial charge is 0.397 e. The molecule has 0 unspecified atom stereocenters. The number of hydrogen-bond donors (Lipinski definition) is 2. The molecular formula is C15H25N3O2S. The maximum atomic E-state index is 12.2. The van der Waals surface area contributed by atoms with Crippen LogP contribution in [-0.2, 0) is 0 Å². The number of nitrogens with one attached hydrogen (secondary N) is 1. The number of nitrogen functional groups attached to an aromatic ring is 1. The van der Waals surface area contributed by atoms with E-state index < -0.39 is 0 Å². The van der Waals surface area contributed by atoms with Gasteiger partial charge in [-0.05, 0) is 12.8 Å². The van der Waals surface area contributed by atoms with Gasteiger partial charge in [0.05, 0.1) is 16.1 Å². The number of thiophene rings is 1. The molecule has 0 fully saturated rings. The first-order valence-electron chi connectivity index (χ1n) is 7.29. The molecule has 0 aliphatic rings. The van der Waals surface area contributed by atoms with Crippen molar-refractivity contribution < 1.29 is 9.59 Å².